The first-order chi connectivity index (χ1) is 15.5. The number of ether oxygens (including phenoxy) is 1. The lowest BCUT2D eigenvalue weighted by Gasteiger charge is -2.21. The number of carbonyl (C=O) groups is 2. The summed E-state index contributed by atoms with van der Waals surface area (Å²) in [6.45, 7) is 6.09. The number of amides is 2. The van der Waals surface area contributed by atoms with Gasteiger partial charge in [-0.1, -0.05) is 18.2 Å². The highest BCUT2D eigenvalue weighted by Gasteiger charge is 2.36. The van der Waals surface area contributed by atoms with Crippen molar-refractivity contribution in [1.29, 1.82) is 0 Å². The Morgan fingerprint density at radius 1 is 1.21 bits per heavy atom. The molecule has 8 nitrogen and oxygen atoms in total. The molecular formula is C24H31N3O5S. The van der Waals surface area contributed by atoms with E-state index in [1.54, 1.807) is 43.3 Å². The van der Waals surface area contributed by atoms with Crippen LogP contribution in [0.3, 0.4) is 0 Å². The summed E-state index contributed by atoms with van der Waals surface area (Å²) in [4.78, 5) is 27.1. The molecule has 1 N–H and O–H groups in total. The van der Waals surface area contributed by atoms with E-state index in [2.05, 4.69) is 5.32 Å². The van der Waals surface area contributed by atoms with Gasteiger partial charge in [-0.2, -0.15) is 4.31 Å². The first-order valence-corrected chi connectivity index (χ1v) is 12.3. The maximum absolute atomic E-state index is 12.7. The highest BCUT2D eigenvalue weighted by molar-refractivity contribution is 7.89. The molecule has 0 bridgehead atoms. The Hall–Kier alpha value is -2.91. The Labute approximate surface area is 195 Å². The van der Waals surface area contributed by atoms with Crippen molar-refractivity contribution < 1.29 is 22.7 Å². The quantitative estimate of drug-likeness (QED) is 0.636. The van der Waals surface area contributed by atoms with Crippen molar-refractivity contribution in [2.45, 2.75) is 44.7 Å². The van der Waals surface area contributed by atoms with E-state index in [0.29, 0.717) is 11.4 Å². The largest absolute Gasteiger partial charge is 0.495 e. The molecule has 1 aliphatic rings. The van der Waals surface area contributed by atoms with E-state index in [4.69, 9.17) is 4.74 Å². The van der Waals surface area contributed by atoms with Crippen molar-refractivity contribution in [3.05, 3.63) is 53.6 Å². The molecule has 2 aromatic rings. The average molecular weight is 474 g/mol. The van der Waals surface area contributed by atoms with Gasteiger partial charge in [0.05, 0.1) is 23.6 Å². The van der Waals surface area contributed by atoms with Crippen molar-refractivity contribution in [2.75, 3.05) is 25.6 Å². The second-order valence-electron chi connectivity index (χ2n) is 8.56. The summed E-state index contributed by atoms with van der Waals surface area (Å²) in [6, 6.07) is 11.9. The van der Waals surface area contributed by atoms with Crippen LogP contribution in [0.2, 0.25) is 0 Å². The lowest BCUT2D eigenvalue weighted by atomic mass is 10.1. The van der Waals surface area contributed by atoms with Crippen LogP contribution >= 0.6 is 0 Å². The molecule has 178 valence electrons. The van der Waals surface area contributed by atoms with Gasteiger partial charge in [-0.25, -0.2) is 8.42 Å². The number of nitrogens with one attached hydrogen (secondary N) is 1. The Bertz CT molecular complexity index is 1130. The van der Waals surface area contributed by atoms with E-state index in [1.807, 2.05) is 39.0 Å². The van der Waals surface area contributed by atoms with Gasteiger partial charge in [0.2, 0.25) is 21.8 Å². The van der Waals surface area contributed by atoms with E-state index in [-0.39, 0.29) is 42.3 Å². The third kappa shape index (κ3) is 5.36. The molecule has 1 aliphatic heterocycles. The van der Waals surface area contributed by atoms with Crippen LogP contribution in [0, 0.1) is 12.8 Å². The number of hydrogen-bond acceptors (Lipinski definition) is 5. The minimum absolute atomic E-state index is 0.122. The minimum Gasteiger partial charge on any atom is -0.495 e. The van der Waals surface area contributed by atoms with Crippen molar-refractivity contribution in [1.82, 2.24) is 9.62 Å². The molecular weight excluding hydrogens is 442 g/mol. The zero-order valence-corrected chi connectivity index (χ0v) is 20.5. The Morgan fingerprint density at radius 2 is 1.88 bits per heavy atom. The third-order valence-electron chi connectivity index (χ3n) is 5.92. The lowest BCUT2D eigenvalue weighted by molar-refractivity contribution is -0.126. The monoisotopic (exact) mass is 473 g/mol. The fourth-order valence-electron chi connectivity index (χ4n) is 3.68. The molecule has 1 heterocycles. The van der Waals surface area contributed by atoms with Crippen molar-refractivity contribution >= 4 is 27.5 Å². The molecule has 0 spiro atoms. The standard InChI is InChI=1S/C24H31N3O5S/c1-16(2)26(4)33(30,31)20-9-7-18(8-10-20)14-25-24(29)19-13-23(28)27(15-19)21-12-17(3)6-11-22(21)32-5/h6-12,16,19H,13-15H2,1-5H3,(H,25,29). The number of carbonyl (C=O) groups excluding carboxylic acids is 2. The van der Waals surface area contributed by atoms with Crippen molar-refractivity contribution in [3.8, 4) is 5.75 Å². The second kappa shape index (κ2) is 9.93. The van der Waals surface area contributed by atoms with E-state index in [0.717, 1.165) is 11.1 Å². The third-order valence-corrected chi connectivity index (χ3v) is 7.96. The number of sulfonamides is 1. The highest BCUT2D eigenvalue weighted by Crippen LogP contribution is 2.34. The van der Waals surface area contributed by atoms with Gasteiger partial charge in [-0.15, -0.1) is 0 Å². The SMILES string of the molecule is COc1ccc(C)cc1N1CC(C(=O)NCc2ccc(S(=O)(=O)N(C)C(C)C)cc2)CC1=O. The van der Waals surface area contributed by atoms with Crippen LogP contribution in [0.1, 0.15) is 31.4 Å². The zero-order valence-electron chi connectivity index (χ0n) is 19.7. The molecule has 1 atom stereocenters. The number of methoxy groups -OCH3 is 1. The topological polar surface area (TPSA) is 96.0 Å². The number of anilines is 1. The van der Waals surface area contributed by atoms with Gasteiger partial charge in [0.25, 0.3) is 0 Å². The molecule has 33 heavy (non-hydrogen) atoms. The maximum Gasteiger partial charge on any atom is 0.243 e. The van der Waals surface area contributed by atoms with E-state index < -0.39 is 15.9 Å². The predicted molar refractivity (Wildman–Crippen MR) is 127 cm³/mol. The Kier molecular flexibility index (Phi) is 7.44. The molecule has 0 aliphatic carbocycles. The van der Waals surface area contributed by atoms with Crippen LogP contribution in [0.4, 0.5) is 5.69 Å². The molecule has 1 unspecified atom stereocenters. The Balaban J connectivity index is 1.63. The second-order valence-corrected chi connectivity index (χ2v) is 10.6. The van der Waals surface area contributed by atoms with Gasteiger partial charge in [-0.3, -0.25) is 9.59 Å². The molecule has 9 heteroatoms. The minimum atomic E-state index is -3.55. The Morgan fingerprint density at radius 3 is 2.48 bits per heavy atom. The van der Waals surface area contributed by atoms with Gasteiger partial charge in [0.15, 0.2) is 0 Å². The molecule has 1 fully saturated rings. The molecule has 0 radical (unpaired) electrons. The first kappa shape index (κ1) is 24.7. The first-order valence-electron chi connectivity index (χ1n) is 10.8. The van der Waals surface area contributed by atoms with E-state index >= 15 is 0 Å². The van der Waals surface area contributed by atoms with Crippen LogP contribution in [0.25, 0.3) is 0 Å². The predicted octanol–water partition coefficient (Wildman–Crippen LogP) is 2.70. The van der Waals surface area contributed by atoms with Crippen LogP contribution in [0.5, 0.6) is 5.75 Å². The summed E-state index contributed by atoms with van der Waals surface area (Å²) in [5.74, 6) is -0.216. The van der Waals surface area contributed by atoms with E-state index in [1.165, 1.54) is 4.31 Å². The van der Waals surface area contributed by atoms with Crippen LogP contribution in [-0.4, -0.2) is 51.3 Å². The summed E-state index contributed by atoms with van der Waals surface area (Å²) < 4.78 is 31.9. The smallest absolute Gasteiger partial charge is 0.243 e. The molecule has 3 rings (SSSR count). The number of benzene rings is 2. The van der Waals surface area contributed by atoms with Gasteiger partial charge in [0, 0.05) is 32.6 Å². The summed E-state index contributed by atoms with van der Waals surface area (Å²) in [5.41, 5.74) is 2.44. The fraction of sp³-hybridized carbons (Fsp3) is 0.417. The summed E-state index contributed by atoms with van der Waals surface area (Å²) in [5, 5.41) is 2.86. The number of nitrogens with zero attached hydrogens (tertiary/aromatic N) is 2. The van der Waals surface area contributed by atoms with Gasteiger partial charge >= 0.3 is 0 Å². The summed E-state index contributed by atoms with van der Waals surface area (Å²) in [6.07, 6.45) is 0.127. The summed E-state index contributed by atoms with van der Waals surface area (Å²) >= 11 is 0. The fourth-order valence-corrected chi connectivity index (χ4v) is 5.05. The van der Waals surface area contributed by atoms with Gasteiger partial charge in [-0.05, 0) is 56.2 Å². The molecule has 0 saturated carbocycles. The normalized spacial score (nSPS) is 16.5. The summed E-state index contributed by atoms with van der Waals surface area (Å²) in [7, 11) is -0.454. The van der Waals surface area contributed by atoms with Crippen LogP contribution < -0.4 is 15.0 Å². The van der Waals surface area contributed by atoms with Crippen molar-refractivity contribution in [2.24, 2.45) is 5.92 Å². The maximum atomic E-state index is 12.7. The van der Waals surface area contributed by atoms with Gasteiger partial charge < -0.3 is 15.0 Å². The highest BCUT2D eigenvalue weighted by atomic mass is 32.2. The average Bonchev–Trinajstić information content (AvgIpc) is 3.18. The lowest BCUT2D eigenvalue weighted by Crippen LogP contribution is -2.33. The van der Waals surface area contributed by atoms with Crippen LogP contribution in [0.15, 0.2) is 47.4 Å². The number of hydrogen-bond donors (Lipinski definition) is 1. The molecule has 1 saturated heterocycles. The molecule has 2 amide bonds. The molecule has 2 aromatic carbocycles. The van der Waals surface area contributed by atoms with E-state index in [9.17, 15) is 18.0 Å². The van der Waals surface area contributed by atoms with Gasteiger partial charge in [0.1, 0.15) is 5.75 Å². The number of rotatable bonds is 8. The van der Waals surface area contributed by atoms with Crippen LogP contribution in [-0.2, 0) is 26.2 Å². The molecule has 0 aromatic heterocycles. The number of aryl methyl sites for hydroxylation is 1. The zero-order chi connectivity index (χ0) is 24.3. The van der Waals surface area contributed by atoms with Crippen molar-refractivity contribution in [3.63, 3.8) is 0 Å².